The minimum absolute atomic E-state index is 0.147. The molecule has 0 saturated heterocycles. The molecule has 3 heteroatoms. The van der Waals surface area contributed by atoms with Crippen molar-refractivity contribution in [2.45, 2.75) is 6.92 Å². The summed E-state index contributed by atoms with van der Waals surface area (Å²) in [6.45, 7) is 1.56. The SMILES string of the molecule is CC#Cc1cc(F)c(C=O)c(F)c1. The molecule has 0 unspecified atom stereocenters. The van der Waals surface area contributed by atoms with Crippen LogP contribution < -0.4 is 0 Å². The Bertz CT molecular complexity index is 376. The molecule has 66 valence electrons. The molecule has 0 aliphatic rings. The quantitative estimate of drug-likeness (QED) is 0.478. The Kier molecular flexibility index (Phi) is 2.76. The van der Waals surface area contributed by atoms with Gasteiger partial charge in [0, 0.05) is 5.56 Å². The molecule has 0 amide bonds. The summed E-state index contributed by atoms with van der Waals surface area (Å²) in [4.78, 5) is 10.2. The minimum Gasteiger partial charge on any atom is -0.298 e. The van der Waals surface area contributed by atoms with Crippen molar-refractivity contribution in [2.75, 3.05) is 0 Å². The average Bonchev–Trinajstić information content (AvgIpc) is 2.04. The van der Waals surface area contributed by atoms with Crippen LogP contribution in [0.1, 0.15) is 22.8 Å². The van der Waals surface area contributed by atoms with Gasteiger partial charge in [-0.05, 0) is 19.1 Å². The molecule has 0 aliphatic heterocycles. The molecule has 0 radical (unpaired) electrons. The number of rotatable bonds is 1. The second-order valence-electron chi connectivity index (χ2n) is 2.35. The highest BCUT2D eigenvalue weighted by Gasteiger charge is 2.08. The molecule has 0 atom stereocenters. The van der Waals surface area contributed by atoms with E-state index in [2.05, 4.69) is 11.8 Å². The Morgan fingerprint density at radius 2 is 1.85 bits per heavy atom. The Hall–Kier alpha value is -1.69. The van der Waals surface area contributed by atoms with Crippen molar-refractivity contribution < 1.29 is 13.6 Å². The van der Waals surface area contributed by atoms with Crippen LogP contribution in [-0.2, 0) is 0 Å². The largest absolute Gasteiger partial charge is 0.298 e. The lowest BCUT2D eigenvalue weighted by Crippen LogP contribution is -1.94. The number of hydrogen-bond acceptors (Lipinski definition) is 1. The second-order valence-corrected chi connectivity index (χ2v) is 2.35. The number of benzene rings is 1. The van der Waals surface area contributed by atoms with E-state index in [1.165, 1.54) is 0 Å². The maximum Gasteiger partial charge on any atom is 0.155 e. The Balaban J connectivity index is 3.33. The Labute approximate surface area is 74.4 Å². The lowest BCUT2D eigenvalue weighted by molar-refractivity contribution is 0.111. The first-order chi connectivity index (χ1) is 6.19. The van der Waals surface area contributed by atoms with Crippen LogP contribution in [-0.4, -0.2) is 6.29 Å². The van der Waals surface area contributed by atoms with Gasteiger partial charge in [0.1, 0.15) is 11.6 Å². The van der Waals surface area contributed by atoms with Crippen molar-refractivity contribution in [3.8, 4) is 11.8 Å². The van der Waals surface area contributed by atoms with E-state index in [9.17, 15) is 13.6 Å². The zero-order valence-corrected chi connectivity index (χ0v) is 6.90. The van der Waals surface area contributed by atoms with E-state index in [0.717, 1.165) is 12.1 Å². The molecular weight excluding hydrogens is 174 g/mol. The third kappa shape index (κ3) is 1.91. The van der Waals surface area contributed by atoms with Crippen molar-refractivity contribution in [3.05, 3.63) is 34.9 Å². The summed E-state index contributed by atoms with van der Waals surface area (Å²) < 4.78 is 25.8. The smallest absolute Gasteiger partial charge is 0.155 e. The summed E-state index contributed by atoms with van der Waals surface area (Å²) in [5.74, 6) is 3.24. The van der Waals surface area contributed by atoms with E-state index in [1.54, 1.807) is 6.92 Å². The van der Waals surface area contributed by atoms with Crippen molar-refractivity contribution in [1.82, 2.24) is 0 Å². The first kappa shape index (κ1) is 9.40. The van der Waals surface area contributed by atoms with E-state index < -0.39 is 17.2 Å². The first-order valence-corrected chi connectivity index (χ1v) is 3.56. The maximum atomic E-state index is 12.9. The molecule has 1 rings (SSSR count). The van der Waals surface area contributed by atoms with Gasteiger partial charge in [-0.3, -0.25) is 4.79 Å². The number of carbonyl (C=O) groups is 1. The van der Waals surface area contributed by atoms with Crippen LogP contribution in [0.15, 0.2) is 12.1 Å². The highest BCUT2D eigenvalue weighted by molar-refractivity contribution is 5.76. The van der Waals surface area contributed by atoms with Crippen LogP contribution in [0.25, 0.3) is 0 Å². The molecule has 0 saturated carbocycles. The number of hydrogen-bond donors (Lipinski definition) is 0. The molecule has 0 aromatic heterocycles. The summed E-state index contributed by atoms with van der Waals surface area (Å²) in [5.41, 5.74) is -0.329. The van der Waals surface area contributed by atoms with E-state index in [0.29, 0.717) is 0 Å². The fourth-order valence-electron chi connectivity index (χ4n) is 0.913. The average molecular weight is 180 g/mol. The van der Waals surface area contributed by atoms with Crippen LogP contribution in [0.2, 0.25) is 0 Å². The summed E-state index contributed by atoms with van der Waals surface area (Å²) >= 11 is 0. The fraction of sp³-hybridized carbons (Fsp3) is 0.100. The van der Waals surface area contributed by atoms with Crippen molar-refractivity contribution in [2.24, 2.45) is 0 Å². The van der Waals surface area contributed by atoms with Crippen LogP contribution in [0, 0.1) is 23.5 Å². The third-order valence-electron chi connectivity index (χ3n) is 1.47. The first-order valence-electron chi connectivity index (χ1n) is 3.56. The standard InChI is InChI=1S/C10H6F2O/c1-2-3-7-4-9(11)8(6-13)10(12)5-7/h4-6H,1H3. The van der Waals surface area contributed by atoms with E-state index in [1.807, 2.05) is 0 Å². The second kappa shape index (κ2) is 3.81. The molecule has 0 spiro atoms. The molecule has 1 aromatic rings. The number of halogens is 2. The van der Waals surface area contributed by atoms with Gasteiger partial charge in [0.05, 0.1) is 5.56 Å². The van der Waals surface area contributed by atoms with Gasteiger partial charge >= 0.3 is 0 Å². The summed E-state index contributed by atoms with van der Waals surface area (Å²) in [7, 11) is 0. The topological polar surface area (TPSA) is 17.1 Å². The van der Waals surface area contributed by atoms with E-state index >= 15 is 0 Å². The highest BCUT2D eigenvalue weighted by Crippen LogP contribution is 2.12. The van der Waals surface area contributed by atoms with Gasteiger partial charge in [0.2, 0.25) is 0 Å². The van der Waals surface area contributed by atoms with Crippen molar-refractivity contribution >= 4 is 6.29 Å². The number of aldehydes is 1. The van der Waals surface area contributed by atoms with Gasteiger partial charge in [-0.15, -0.1) is 5.92 Å². The minimum atomic E-state index is -0.882. The maximum absolute atomic E-state index is 12.9. The van der Waals surface area contributed by atoms with Crippen LogP contribution in [0.5, 0.6) is 0 Å². The molecule has 0 fully saturated rings. The molecule has 1 nitrogen and oxygen atoms in total. The Morgan fingerprint density at radius 1 is 1.31 bits per heavy atom. The number of carbonyl (C=O) groups excluding carboxylic acids is 1. The van der Waals surface area contributed by atoms with Crippen LogP contribution in [0.4, 0.5) is 8.78 Å². The van der Waals surface area contributed by atoms with Gasteiger partial charge < -0.3 is 0 Å². The van der Waals surface area contributed by atoms with Gasteiger partial charge in [0.25, 0.3) is 0 Å². The van der Waals surface area contributed by atoms with Crippen LogP contribution in [0.3, 0.4) is 0 Å². The zero-order valence-electron chi connectivity index (χ0n) is 6.90. The monoisotopic (exact) mass is 180 g/mol. The third-order valence-corrected chi connectivity index (χ3v) is 1.47. The lowest BCUT2D eigenvalue weighted by Gasteiger charge is -1.97. The Morgan fingerprint density at radius 3 is 2.23 bits per heavy atom. The predicted molar refractivity (Wildman–Crippen MR) is 44.3 cm³/mol. The molecular formula is C10H6F2O. The van der Waals surface area contributed by atoms with Gasteiger partial charge in [-0.25, -0.2) is 8.78 Å². The molecule has 0 heterocycles. The molecule has 0 bridgehead atoms. The fourth-order valence-corrected chi connectivity index (χ4v) is 0.913. The zero-order chi connectivity index (χ0) is 9.84. The van der Waals surface area contributed by atoms with Gasteiger partial charge in [0.15, 0.2) is 6.29 Å². The molecule has 1 aromatic carbocycles. The predicted octanol–water partition coefficient (Wildman–Crippen LogP) is 2.15. The molecule has 0 aliphatic carbocycles. The van der Waals surface area contributed by atoms with Crippen molar-refractivity contribution in [3.63, 3.8) is 0 Å². The lowest BCUT2D eigenvalue weighted by atomic mass is 10.1. The summed E-state index contributed by atoms with van der Waals surface area (Å²) in [6.07, 6.45) is 0.147. The normalized spacial score (nSPS) is 8.85. The van der Waals surface area contributed by atoms with E-state index in [-0.39, 0.29) is 11.8 Å². The summed E-state index contributed by atoms with van der Waals surface area (Å²) in [5, 5.41) is 0. The summed E-state index contributed by atoms with van der Waals surface area (Å²) in [6, 6.07) is 2.06. The molecule has 0 N–H and O–H groups in total. The van der Waals surface area contributed by atoms with Gasteiger partial charge in [-0.1, -0.05) is 5.92 Å². The highest BCUT2D eigenvalue weighted by atomic mass is 19.1. The molecule has 13 heavy (non-hydrogen) atoms. The van der Waals surface area contributed by atoms with Gasteiger partial charge in [-0.2, -0.15) is 0 Å². The van der Waals surface area contributed by atoms with Crippen molar-refractivity contribution in [1.29, 1.82) is 0 Å². The van der Waals surface area contributed by atoms with E-state index in [4.69, 9.17) is 0 Å². The van der Waals surface area contributed by atoms with Crippen LogP contribution >= 0.6 is 0 Å².